The van der Waals surface area contributed by atoms with E-state index in [1.54, 1.807) is 42.7 Å². The van der Waals surface area contributed by atoms with Crippen molar-refractivity contribution in [3.8, 4) is 11.5 Å². The lowest BCUT2D eigenvalue weighted by atomic mass is 10.2. The Morgan fingerprint density at radius 2 is 2.16 bits per heavy atom. The Morgan fingerprint density at radius 3 is 2.96 bits per heavy atom. The van der Waals surface area contributed by atoms with Gasteiger partial charge in [0.2, 0.25) is 0 Å². The second kappa shape index (κ2) is 8.16. The average Bonchev–Trinajstić information content (AvgIpc) is 2.87. The standard InChI is InChI=1S/C19H22N2O3S/c1-3-11-24-15-10-9-13(12-16(15)23-2)18(22)21-19-20-14-7-5-4-6-8-17(14)25-19/h3,9-10,12H,1,4-8,11H2,2H3,(H,20,21,22). The molecule has 1 aromatic carbocycles. The predicted molar refractivity (Wildman–Crippen MR) is 100 cm³/mol. The molecule has 0 saturated carbocycles. The van der Waals surface area contributed by atoms with E-state index in [9.17, 15) is 4.79 Å². The molecular formula is C19H22N2O3S. The van der Waals surface area contributed by atoms with Crippen molar-refractivity contribution in [2.24, 2.45) is 0 Å². The third kappa shape index (κ3) is 4.20. The van der Waals surface area contributed by atoms with Crippen LogP contribution < -0.4 is 14.8 Å². The highest BCUT2D eigenvalue weighted by Crippen LogP contribution is 2.31. The Balaban J connectivity index is 1.73. The van der Waals surface area contributed by atoms with Gasteiger partial charge < -0.3 is 9.47 Å². The number of anilines is 1. The van der Waals surface area contributed by atoms with Crippen LogP contribution in [0.5, 0.6) is 11.5 Å². The summed E-state index contributed by atoms with van der Waals surface area (Å²) in [4.78, 5) is 18.4. The molecule has 1 aromatic heterocycles. The smallest absolute Gasteiger partial charge is 0.257 e. The van der Waals surface area contributed by atoms with Crippen LogP contribution in [0.3, 0.4) is 0 Å². The average molecular weight is 358 g/mol. The molecule has 0 bridgehead atoms. The number of ether oxygens (including phenoxy) is 2. The maximum Gasteiger partial charge on any atom is 0.257 e. The van der Waals surface area contributed by atoms with Crippen molar-refractivity contribution in [2.45, 2.75) is 32.1 Å². The molecule has 1 amide bonds. The number of aromatic nitrogens is 1. The zero-order valence-corrected chi connectivity index (χ0v) is 15.2. The van der Waals surface area contributed by atoms with E-state index in [0.717, 1.165) is 18.5 Å². The van der Waals surface area contributed by atoms with Crippen molar-refractivity contribution in [3.05, 3.63) is 47.0 Å². The normalized spacial score (nSPS) is 13.5. The van der Waals surface area contributed by atoms with Gasteiger partial charge in [0.15, 0.2) is 16.6 Å². The van der Waals surface area contributed by atoms with Gasteiger partial charge in [-0.05, 0) is 43.9 Å². The minimum absolute atomic E-state index is 0.197. The Labute approximate surface area is 151 Å². The zero-order chi connectivity index (χ0) is 17.6. The van der Waals surface area contributed by atoms with E-state index in [1.165, 1.54) is 24.1 Å². The number of carbonyl (C=O) groups excluding carboxylic acids is 1. The maximum atomic E-state index is 12.5. The van der Waals surface area contributed by atoms with E-state index in [4.69, 9.17) is 9.47 Å². The van der Waals surface area contributed by atoms with E-state index in [2.05, 4.69) is 16.9 Å². The molecule has 0 spiro atoms. The number of thiazole rings is 1. The van der Waals surface area contributed by atoms with Gasteiger partial charge in [-0.3, -0.25) is 10.1 Å². The highest BCUT2D eigenvalue weighted by molar-refractivity contribution is 7.15. The van der Waals surface area contributed by atoms with Crippen LogP contribution in [0.15, 0.2) is 30.9 Å². The highest BCUT2D eigenvalue weighted by Gasteiger charge is 2.17. The summed E-state index contributed by atoms with van der Waals surface area (Å²) in [6, 6.07) is 5.12. The number of aryl methyl sites for hydroxylation is 2. The van der Waals surface area contributed by atoms with Gasteiger partial charge in [-0.1, -0.05) is 19.1 Å². The number of rotatable bonds is 6. The molecule has 132 valence electrons. The number of nitrogens with one attached hydrogen (secondary N) is 1. The van der Waals surface area contributed by atoms with Crippen LogP contribution >= 0.6 is 11.3 Å². The van der Waals surface area contributed by atoms with E-state index in [0.29, 0.717) is 28.8 Å². The van der Waals surface area contributed by atoms with Crippen molar-refractivity contribution >= 4 is 22.4 Å². The SMILES string of the molecule is C=CCOc1ccc(C(=O)Nc2nc3c(s2)CCCCC3)cc1OC. The second-order valence-electron chi connectivity index (χ2n) is 5.87. The minimum atomic E-state index is -0.197. The van der Waals surface area contributed by atoms with Crippen LogP contribution in [0.4, 0.5) is 5.13 Å². The number of hydrogen-bond donors (Lipinski definition) is 1. The van der Waals surface area contributed by atoms with E-state index < -0.39 is 0 Å². The van der Waals surface area contributed by atoms with Crippen LogP contribution in [0, 0.1) is 0 Å². The Kier molecular flexibility index (Phi) is 5.71. The van der Waals surface area contributed by atoms with Crippen LogP contribution in [0.2, 0.25) is 0 Å². The summed E-state index contributed by atoms with van der Waals surface area (Å²) in [5.74, 6) is 0.904. The molecule has 1 heterocycles. The van der Waals surface area contributed by atoms with Gasteiger partial charge in [-0.2, -0.15) is 0 Å². The number of amides is 1. The minimum Gasteiger partial charge on any atom is -0.493 e. The Bertz CT molecular complexity index is 747. The fourth-order valence-electron chi connectivity index (χ4n) is 2.83. The largest absolute Gasteiger partial charge is 0.493 e. The fraction of sp³-hybridized carbons (Fsp3) is 0.368. The molecule has 5 nitrogen and oxygen atoms in total. The molecule has 1 N–H and O–H groups in total. The van der Waals surface area contributed by atoms with Crippen molar-refractivity contribution in [1.82, 2.24) is 4.98 Å². The third-order valence-corrected chi connectivity index (χ3v) is 5.17. The molecule has 0 aliphatic heterocycles. The number of nitrogens with zero attached hydrogens (tertiary/aromatic N) is 1. The number of fused-ring (bicyclic) bond motifs is 1. The quantitative estimate of drug-likeness (QED) is 0.620. The van der Waals surface area contributed by atoms with Gasteiger partial charge in [0.25, 0.3) is 5.91 Å². The lowest BCUT2D eigenvalue weighted by Crippen LogP contribution is -2.12. The summed E-state index contributed by atoms with van der Waals surface area (Å²) in [6.07, 6.45) is 7.35. The van der Waals surface area contributed by atoms with E-state index in [1.807, 2.05) is 0 Å². The topological polar surface area (TPSA) is 60.5 Å². The lowest BCUT2D eigenvalue weighted by Gasteiger charge is -2.10. The Hall–Kier alpha value is -2.34. The molecule has 3 rings (SSSR count). The third-order valence-electron chi connectivity index (χ3n) is 4.10. The van der Waals surface area contributed by atoms with Gasteiger partial charge >= 0.3 is 0 Å². The summed E-state index contributed by atoms with van der Waals surface area (Å²) in [7, 11) is 1.55. The highest BCUT2D eigenvalue weighted by atomic mass is 32.1. The molecule has 0 saturated heterocycles. The van der Waals surface area contributed by atoms with Crippen LogP contribution in [0.25, 0.3) is 0 Å². The summed E-state index contributed by atoms with van der Waals surface area (Å²) in [6.45, 7) is 4.00. The number of carbonyl (C=O) groups is 1. The first-order valence-corrected chi connectivity index (χ1v) is 9.24. The maximum absolute atomic E-state index is 12.5. The predicted octanol–water partition coefficient (Wildman–Crippen LogP) is 4.24. The van der Waals surface area contributed by atoms with Crippen LogP contribution in [-0.2, 0) is 12.8 Å². The summed E-state index contributed by atoms with van der Waals surface area (Å²) >= 11 is 1.59. The molecular weight excluding hydrogens is 336 g/mol. The van der Waals surface area contributed by atoms with Crippen LogP contribution in [-0.4, -0.2) is 24.6 Å². The number of hydrogen-bond acceptors (Lipinski definition) is 5. The van der Waals surface area contributed by atoms with Gasteiger partial charge in [-0.25, -0.2) is 4.98 Å². The number of benzene rings is 1. The first-order chi connectivity index (χ1) is 12.2. The fourth-order valence-corrected chi connectivity index (χ4v) is 3.87. The van der Waals surface area contributed by atoms with E-state index in [-0.39, 0.29) is 5.91 Å². The van der Waals surface area contributed by atoms with Crippen LogP contribution in [0.1, 0.15) is 40.2 Å². The molecule has 0 atom stereocenters. The molecule has 0 unspecified atom stereocenters. The first kappa shape index (κ1) is 17.5. The molecule has 25 heavy (non-hydrogen) atoms. The monoisotopic (exact) mass is 358 g/mol. The Morgan fingerprint density at radius 1 is 1.32 bits per heavy atom. The van der Waals surface area contributed by atoms with Crippen molar-refractivity contribution in [3.63, 3.8) is 0 Å². The summed E-state index contributed by atoms with van der Waals surface area (Å²) in [5.41, 5.74) is 1.65. The van der Waals surface area contributed by atoms with Gasteiger partial charge in [0.1, 0.15) is 6.61 Å². The summed E-state index contributed by atoms with van der Waals surface area (Å²) in [5, 5.41) is 3.58. The first-order valence-electron chi connectivity index (χ1n) is 8.43. The van der Waals surface area contributed by atoms with Crippen molar-refractivity contribution in [2.75, 3.05) is 19.0 Å². The molecule has 1 aliphatic carbocycles. The molecule has 2 aromatic rings. The van der Waals surface area contributed by atoms with Crippen molar-refractivity contribution < 1.29 is 14.3 Å². The molecule has 0 fully saturated rings. The van der Waals surface area contributed by atoms with Gasteiger partial charge in [0, 0.05) is 10.4 Å². The molecule has 1 aliphatic rings. The number of methoxy groups -OCH3 is 1. The van der Waals surface area contributed by atoms with E-state index >= 15 is 0 Å². The van der Waals surface area contributed by atoms with Crippen molar-refractivity contribution in [1.29, 1.82) is 0 Å². The van der Waals surface area contributed by atoms with Gasteiger partial charge in [0.05, 0.1) is 12.8 Å². The van der Waals surface area contributed by atoms with Gasteiger partial charge in [-0.15, -0.1) is 11.3 Å². The molecule has 6 heteroatoms. The second-order valence-corrected chi connectivity index (χ2v) is 6.95. The lowest BCUT2D eigenvalue weighted by molar-refractivity contribution is 0.102. The summed E-state index contributed by atoms with van der Waals surface area (Å²) < 4.78 is 10.8. The zero-order valence-electron chi connectivity index (χ0n) is 14.3. The molecule has 0 radical (unpaired) electrons.